The van der Waals surface area contributed by atoms with Gasteiger partial charge in [0.15, 0.2) is 0 Å². The van der Waals surface area contributed by atoms with Gasteiger partial charge in [0, 0.05) is 10.4 Å². The molecule has 0 fully saturated rings. The van der Waals surface area contributed by atoms with Crippen LogP contribution in [0.25, 0.3) is 10.9 Å². The molecule has 0 aliphatic heterocycles. The van der Waals surface area contributed by atoms with Crippen LogP contribution in [-0.4, -0.2) is 4.98 Å². The summed E-state index contributed by atoms with van der Waals surface area (Å²) in [6, 6.07) is 7.23. The zero-order chi connectivity index (χ0) is 10.1. The molecule has 0 amide bonds. The van der Waals surface area contributed by atoms with Crippen LogP contribution in [0, 0.1) is 12.3 Å². The number of rotatable bonds is 0. The third kappa shape index (κ3) is 1.55. The summed E-state index contributed by atoms with van der Waals surface area (Å²) in [6.45, 7) is 0. The van der Waals surface area contributed by atoms with Gasteiger partial charge in [-0.25, -0.2) is 4.98 Å². The molecule has 14 heavy (non-hydrogen) atoms. The summed E-state index contributed by atoms with van der Waals surface area (Å²) in [5.74, 6) is 2.47. The van der Waals surface area contributed by atoms with Crippen LogP contribution in [0.2, 0.25) is 10.2 Å². The van der Waals surface area contributed by atoms with Gasteiger partial charge in [0.1, 0.15) is 5.15 Å². The third-order valence-electron chi connectivity index (χ3n) is 1.89. The fraction of sp³-hybridized carbons (Fsp3) is 0. The normalized spacial score (nSPS) is 10.1. The minimum Gasteiger partial charge on any atom is -0.235 e. The van der Waals surface area contributed by atoms with E-state index in [0.717, 1.165) is 10.9 Å². The maximum atomic E-state index is 5.86. The molecular formula is C11H5Cl2N. The van der Waals surface area contributed by atoms with Crippen LogP contribution in [0.4, 0.5) is 0 Å². The van der Waals surface area contributed by atoms with E-state index in [1.807, 2.05) is 12.1 Å². The van der Waals surface area contributed by atoms with E-state index in [4.69, 9.17) is 29.6 Å². The average Bonchev–Trinajstić information content (AvgIpc) is 2.16. The maximum absolute atomic E-state index is 5.86. The van der Waals surface area contributed by atoms with E-state index in [9.17, 15) is 0 Å². The highest BCUT2D eigenvalue weighted by atomic mass is 35.5. The molecule has 0 saturated carbocycles. The van der Waals surface area contributed by atoms with Gasteiger partial charge in [-0.1, -0.05) is 35.2 Å². The Hall–Kier alpha value is -1.23. The number of fused-ring (bicyclic) bond motifs is 1. The van der Waals surface area contributed by atoms with Crippen molar-refractivity contribution in [3.8, 4) is 12.3 Å². The maximum Gasteiger partial charge on any atom is 0.145 e. The van der Waals surface area contributed by atoms with E-state index in [1.54, 1.807) is 12.1 Å². The molecule has 1 nitrogen and oxygen atoms in total. The molecule has 0 spiro atoms. The van der Waals surface area contributed by atoms with E-state index in [1.165, 1.54) is 0 Å². The number of hydrogen-bond donors (Lipinski definition) is 0. The lowest BCUT2D eigenvalue weighted by Gasteiger charge is -2.00. The molecular weight excluding hydrogens is 217 g/mol. The number of aromatic nitrogens is 1. The molecule has 3 heteroatoms. The fourth-order valence-electron chi connectivity index (χ4n) is 1.22. The van der Waals surface area contributed by atoms with Crippen LogP contribution < -0.4 is 0 Å². The Labute approximate surface area is 91.7 Å². The first-order valence-electron chi connectivity index (χ1n) is 3.93. The molecule has 1 aromatic carbocycles. The third-order valence-corrected chi connectivity index (χ3v) is 2.41. The predicted molar refractivity (Wildman–Crippen MR) is 59.7 cm³/mol. The van der Waals surface area contributed by atoms with Gasteiger partial charge in [0.25, 0.3) is 0 Å². The van der Waals surface area contributed by atoms with Gasteiger partial charge in [-0.2, -0.15) is 0 Å². The Morgan fingerprint density at radius 3 is 2.71 bits per heavy atom. The molecule has 2 aromatic rings. The van der Waals surface area contributed by atoms with E-state index in [0.29, 0.717) is 15.7 Å². The number of hydrogen-bond acceptors (Lipinski definition) is 1. The van der Waals surface area contributed by atoms with Gasteiger partial charge in [-0.05, 0) is 18.2 Å². The number of pyridine rings is 1. The number of halogens is 2. The van der Waals surface area contributed by atoms with Gasteiger partial charge in [0.2, 0.25) is 0 Å². The molecule has 0 saturated heterocycles. The second-order valence-electron chi connectivity index (χ2n) is 2.81. The lowest BCUT2D eigenvalue weighted by molar-refractivity contribution is 1.39. The van der Waals surface area contributed by atoms with Gasteiger partial charge in [-0.3, -0.25) is 0 Å². The molecule has 0 N–H and O–H groups in total. The molecule has 0 bridgehead atoms. The highest BCUT2D eigenvalue weighted by molar-refractivity contribution is 6.32. The first kappa shape index (κ1) is 9.33. The zero-order valence-corrected chi connectivity index (χ0v) is 8.60. The molecule has 0 aliphatic carbocycles. The lowest BCUT2D eigenvalue weighted by atomic mass is 10.2. The first-order valence-corrected chi connectivity index (χ1v) is 4.69. The van der Waals surface area contributed by atoms with E-state index in [-0.39, 0.29) is 0 Å². The molecule has 0 atom stereocenters. The van der Waals surface area contributed by atoms with Crippen molar-refractivity contribution in [1.29, 1.82) is 0 Å². The minimum absolute atomic E-state index is 0.335. The number of terminal acetylenes is 1. The lowest BCUT2D eigenvalue weighted by Crippen LogP contribution is -1.84. The summed E-state index contributed by atoms with van der Waals surface area (Å²) in [5.41, 5.74) is 1.35. The highest BCUT2D eigenvalue weighted by Gasteiger charge is 2.02. The molecule has 2 rings (SSSR count). The van der Waals surface area contributed by atoms with Gasteiger partial charge in [0.05, 0.1) is 11.1 Å². The molecule has 0 radical (unpaired) electrons. The highest BCUT2D eigenvalue weighted by Crippen LogP contribution is 2.22. The van der Waals surface area contributed by atoms with Crippen LogP contribution in [-0.2, 0) is 0 Å². The van der Waals surface area contributed by atoms with Crippen LogP contribution in [0.1, 0.15) is 5.56 Å². The molecule has 1 aromatic heterocycles. The molecule has 0 unspecified atom stereocenters. The van der Waals surface area contributed by atoms with E-state index < -0.39 is 0 Å². The first-order chi connectivity index (χ1) is 6.70. The number of benzene rings is 1. The number of nitrogens with zero attached hydrogens (tertiary/aromatic N) is 1. The fourth-order valence-corrected chi connectivity index (χ4v) is 1.58. The second kappa shape index (κ2) is 3.49. The van der Waals surface area contributed by atoms with Crippen molar-refractivity contribution >= 4 is 34.1 Å². The Kier molecular flexibility index (Phi) is 2.33. The van der Waals surface area contributed by atoms with Crippen molar-refractivity contribution in [3.63, 3.8) is 0 Å². The predicted octanol–water partition coefficient (Wildman–Crippen LogP) is 3.52. The van der Waals surface area contributed by atoms with Crippen LogP contribution >= 0.6 is 23.2 Å². The van der Waals surface area contributed by atoms with Crippen molar-refractivity contribution in [1.82, 2.24) is 4.98 Å². The Morgan fingerprint density at radius 2 is 2.00 bits per heavy atom. The van der Waals surface area contributed by atoms with Gasteiger partial charge < -0.3 is 0 Å². The monoisotopic (exact) mass is 221 g/mol. The van der Waals surface area contributed by atoms with Crippen molar-refractivity contribution in [3.05, 3.63) is 40.0 Å². The SMILES string of the molecule is C#Cc1cc2ccc(Cl)cc2nc1Cl. The summed E-state index contributed by atoms with van der Waals surface area (Å²) < 4.78 is 0. The second-order valence-corrected chi connectivity index (χ2v) is 3.60. The summed E-state index contributed by atoms with van der Waals surface area (Å²) >= 11 is 11.7. The summed E-state index contributed by atoms with van der Waals surface area (Å²) in [4.78, 5) is 4.15. The Balaban J connectivity index is 2.81. The van der Waals surface area contributed by atoms with Gasteiger partial charge >= 0.3 is 0 Å². The Bertz CT molecular complexity index is 541. The summed E-state index contributed by atoms with van der Waals surface area (Å²) in [5, 5.41) is 1.91. The topological polar surface area (TPSA) is 12.9 Å². The smallest absolute Gasteiger partial charge is 0.145 e. The molecule has 68 valence electrons. The van der Waals surface area contributed by atoms with Crippen molar-refractivity contribution in [2.45, 2.75) is 0 Å². The van der Waals surface area contributed by atoms with Crippen LogP contribution in [0.5, 0.6) is 0 Å². The zero-order valence-electron chi connectivity index (χ0n) is 7.09. The van der Waals surface area contributed by atoms with E-state index >= 15 is 0 Å². The largest absolute Gasteiger partial charge is 0.235 e. The van der Waals surface area contributed by atoms with Crippen molar-refractivity contribution in [2.24, 2.45) is 0 Å². The summed E-state index contributed by atoms with van der Waals surface area (Å²) in [7, 11) is 0. The minimum atomic E-state index is 0.335. The standard InChI is InChI=1S/C11H5Cl2N/c1-2-7-5-8-3-4-9(12)6-10(8)14-11(7)13/h1,3-6H. The van der Waals surface area contributed by atoms with Crippen molar-refractivity contribution in [2.75, 3.05) is 0 Å². The van der Waals surface area contributed by atoms with E-state index in [2.05, 4.69) is 10.9 Å². The quantitative estimate of drug-likeness (QED) is 0.490. The molecule has 0 aliphatic rings. The van der Waals surface area contributed by atoms with Gasteiger partial charge in [-0.15, -0.1) is 6.42 Å². The molecule has 1 heterocycles. The van der Waals surface area contributed by atoms with Crippen LogP contribution in [0.15, 0.2) is 24.3 Å². The Morgan fingerprint density at radius 1 is 1.21 bits per heavy atom. The van der Waals surface area contributed by atoms with Crippen molar-refractivity contribution < 1.29 is 0 Å². The van der Waals surface area contributed by atoms with Crippen LogP contribution in [0.3, 0.4) is 0 Å². The average molecular weight is 222 g/mol. The summed E-state index contributed by atoms with van der Waals surface area (Å²) in [6.07, 6.45) is 5.27.